The van der Waals surface area contributed by atoms with Crippen molar-refractivity contribution in [2.45, 2.75) is 6.92 Å². The van der Waals surface area contributed by atoms with Crippen molar-refractivity contribution in [2.24, 2.45) is 0 Å². The standard InChI is InChI=1S/C16H11BrO2/c1-12-2-9-15(10-3-12)19-16(18)11-6-13-4-7-14(17)8-5-13/h2-5,7-10H,1H3. The maximum Gasteiger partial charge on any atom is 0.390 e. The van der Waals surface area contributed by atoms with Gasteiger partial charge >= 0.3 is 5.97 Å². The zero-order valence-corrected chi connectivity index (χ0v) is 11.9. The topological polar surface area (TPSA) is 26.3 Å². The molecule has 0 saturated carbocycles. The van der Waals surface area contributed by atoms with Gasteiger partial charge in [0, 0.05) is 16.0 Å². The molecule has 0 aliphatic carbocycles. The highest BCUT2D eigenvalue weighted by molar-refractivity contribution is 9.10. The zero-order chi connectivity index (χ0) is 13.7. The minimum atomic E-state index is -0.563. The number of hydrogen-bond donors (Lipinski definition) is 0. The lowest BCUT2D eigenvalue weighted by Crippen LogP contribution is -2.04. The molecule has 0 bridgehead atoms. The first kappa shape index (κ1) is 13.4. The summed E-state index contributed by atoms with van der Waals surface area (Å²) in [5.41, 5.74) is 1.88. The van der Waals surface area contributed by atoms with E-state index in [4.69, 9.17) is 4.74 Å². The first-order valence-electron chi connectivity index (χ1n) is 5.69. The highest BCUT2D eigenvalue weighted by Crippen LogP contribution is 2.11. The van der Waals surface area contributed by atoms with Crippen LogP contribution in [0.25, 0.3) is 0 Å². The van der Waals surface area contributed by atoms with E-state index >= 15 is 0 Å². The summed E-state index contributed by atoms with van der Waals surface area (Å²) in [6, 6.07) is 14.6. The second kappa shape index (κ2) is 6.21. The predicted octanol–water partition coefficient (Wildman–Crippen LogP) is 3.71. The zero-order valence-electron chi connectivity index (χ0n) is 10.3. The lowest BCUT2D eigenvalue weighted by atomic mass is 10.2. The van der Waals surface area contributed by atoms with Gasteiger partial charge in [-0.1, -0.05) is 39.5 Å². The minimum Gasteiger partial charge on any atom is -0.417 e. The molecule has 0 saturated heterocycles. The van der Waals surface area contributed by atoms with Gasteiger partial charge in [-0.3, -0.25) is 0 Å². The van der Waals surface area contributed by atoms with Gasteiger partial charge in [-0.25, -0.2) is 4.79 Å². The van der Waals surface area contributed by atoms with Gasteiger partial charge < -0.3 is 4.74 Å². The van der Waals surface area contributed by atoms with E-state index < -0.39 is 5.97 Å². The second-order valence-electron chi connectivity index (χ2n) is 3.96. The molecule has 2 rings (SSSR count). The molecule has 0 aliphatic heterocycles. The van der Waals surface area contributed by atoms with Gasteiger partial charge in [0.2, 0.25) is 0 Å². The number of aryl methyl sites for hydroxylation is 1. The average Bonchev–Trinajstić information content (AvgIpc) is 2.41. The van der Waals surface area contributed by atoms with Crippen LogP contribution in [-0.2, 0) is 4.79 Å². The van der Waals surface area contributed by atoms with Crippen molar-refractivity contribution in [2.75, 3.05) is 0 Å². The lowest BCUT2D eigenvalue weighted by Gasteiger charge is -1.99. The Labute approximate surface area is 120 Å². The van der Waals surface area contributed by atoms with E-state index in [0.717, 1.165) is 15.6 Å². The van der Waals surface area contributed by atoms with Crippen molar-refractivity contribution in [3.63, 3.8) is 0 Å². The van der Waals surface area contributed by atoms with E-state index in [2.05, 4.69) is 27.8 Å². The number of carbonyl (C=O) groups excluding carboxylic acids is 1. The molecule has 0 unspecified atom stereocenters. The summed E-state index contributed by atoms with van der Waals surface area (Å²) < 4.78 is 6.07. The van der Waals surface area contributed by atoms with E-state index in [0.29, 0.717) is 5.75 Å². The summed E-state index contributed by atoms with van der Waals surface area (Å²) in [6.07, 6.45) is 0. The molecule has 94 valence electrons. The summed E-state index contributed by atoms with van der Waals surface area (Å²) in [7, 11) is 0. The molecule has 0 fully saturated rings. The lowest BCUT2D eigenvalue weighted by molar-refractivity contribution is -0.128. The van der Waals surface area contributed by atoms with Crippen molar-refractivity contribution < 1.29 is 9.53 Å². The van der Waals surface area contributed by atoms with E-state index in [1.165, 1.54) is 0 Å². The average molecular weight is 315 g/mol. The molecule has 0 amide bonds. The number of hydrogen-bond acceptors (Lipinski definition) is 2. The molecule has 0 aromatic heterocycles. The number of halogens is 1. The first-order chi connectivity index (χ1) is 9.13. The van der Waals surface area contributed by atoms with Crippen LogP contribution in [0.3, 0.4) is 0 Å². The Balaban J connectivity index is 2.02. The van der Waals surface area contributed by atoms with Gasteiger partial charge in [0.15, 0.2) is 0 Å². The van der Waals surface area contributed by atoms with Crippen LogP contribution in [0.5, 0.6) is 5.75 Å². The molecular formula is C16H11BrO2. The smallest absolute Gasteiger partial charge is 0.390 e. The largest absolute Gasteiger partial charge is 0.417 e. The van der Waals surface area contributed by atoms with Gasteiger partial charge in [-0.15, -0.1) is 0 Å². The molecule has 0 radical (unpaired) electrons. The summed E-state index contributed by atoms with van der Waals surface area (Å²) in [6.45, 7) is 1.97. The van der Waals surface area contributed by atoms with Crippen molar-refractivity contribution in [3.8, 4) is 17.6 Å². The van der Waals surface area contributed by atoms with Gasteiger partial charge in [0.05, 0.1) is 0 Å². The predicted molar refractivity (Wildman–Crippen MR) is 77.8 cm³/mol. The van der Waals surface area contributed by atoms with Crippen LogP contribution in [0.1, 0.15) is 11.1 Å². The molecule has 2 aromatic carbocycles. The molecule has 0 atom stereocenters. The van der Waals surface area contributed by atoms with Crippen LogP contribution >= 0.6 is 15.9 Å². The third-order valence-electron chi connectivity index (χ3n) is 2.38. The number of esters is 1. The van der Waals surface area contributed by atoms with Crippen LogP contribution in [0.2, 0.25) is 0 Å². The summed E-state index contributed by atoms with van der Waals surface area (Å²) in [5, 5.41) is 0. The third kappa shape index (κ3) is 4.27. The van der Waals surface area contributed by atoms with Crippen LogP contribution in [-0.4, -0.2) is 5.97 Å². The Hall–Kier alpha value is -2.05. The monoisotopic (exact) mass is 314 g/mol. The molecule has 2 nitrogen and oxygen atoms in total. The van der Waals surface area contributed by atoms with Gasteiger partial charge in [-0.05, 0) is 43.3 Å². The van der Waals surface area contributed by atoms with Crippen LogP contribution in [0, 0.1) is 18.8 Å². The molecule has 0 N–H and O–H groups in total. The normalized spacial score (nSPS) is 9.37. The first-order valence-corrected chi connectivity index (χ1v) is 6.49. The maximum atomic E-state index is 11.5. The molecular weight excluding hydrogens is 304 g/mol. The molecule has 3 heteroatoms. The van der Waals surface area contributed by atoms with Crippen LogP contribution < -0.4 is 4.74 Å². The SMILES string of the molecule is Cc1ccc(OC(=O)C#Cc2ccc(Br)cc2)cc1. The fourth-order valence-electron chi connectivity index (χ4n) is 1.40. The molecule has 0 heterocycles. The minimum absolute atomic E-state index is 0.501. The highest BCUT2D eigenvalue weighted by atomic mass is 79.9. The van der Waals surface area contributed by atoms with E-state index in [1.807, 2.05) is 43.3 Å². The van der Waals surface area contributed by atoms with Crippen molar-refractivity contribution in [3.05, 3.63) is 64.1 Å². The van der Waals surface area contributed by atoms with Gasteiger partial charge in [-0.2, -0.15) is 0 Å². The number of benzene rings is 2. The maximum absolute atomic E-state index is 11.5. The van der Waals surface area contributed by atoms with Gasteiger partial charge in [0.25, 0.3) is 0 Å². The highest BCUT2D eigenvalue weighted by Gasteiger charge is 1.99. The molecule has 0 aliphatic rings. The quantitative estimate of drug-likeness (QED) is 0.455. The van der Waals surface area contributed by atoms with E-state index in [1.54, 1.807) is 12.1 Å². The Morgan fingerprint density at radius 2 is 1.68 bits per heavy atom. The number of rotatable bonds is 1. The Bertz CT molecular complexity index is 631. The molecule has 2 aromatic rings. The Kier molecular flexibility index (Phi) is 4.38. The Morgan fingerprint density at radius 1 is 1.05 bits per heavy atom. The number of carbonyl (C=O) groups is 1. The Morgan fingerprint density at radius 3 is 2.32 bits per heavy atom. The fraction of sp³-hybridized carbons (Fsp3) is 0.0625. The summed E-state index contributed by atoms with van der Waals surface area (Å²) in [5.74, 6) is 5.15. The molecule has 19 heavy (non-hydrogen) atoms. The van der Waals surface area contributed by atoms with Crippen LogP contribution in [0.4, 0.5) is 0 Å². The van der Waals surface area contributed by atoms with Crippen molar-refractivity contribution in [1.82, 2.24) is 0 Å². The van der Waals surface area contributed by atoms with Gasteiger partial charge in [0.1, 0.15) is 5.75 Å². The van der Waals surface area contributed by atoms with E-state index in [9.17, 15) is 4.79 Å². The summed E-state index contributed by atoms with van der Waals surface area (Å²) in [4.78, 5) is 11.5. The van der Waals surface area contributed by atoms with Crippen molar-refractivity contribution >= 4 is 21.9 Å². The fourth-order valence-corrected chi connectivity index (χ4v) is 1.66. The summed E-state index contributed by atoms with van der Waals surface area (Å²) >= 11 is 3.34. The number of ether oxygens (including phenoxy) is 1. The second-order valence-corrected chi connectivity index (χ2v) is 4.88. The molecule has 0 spiro atoms. The third-order valence-corrected chi connectivity index (χ3v) is 2.91. The van der Waals surface area contributed by atoms with Crippen molar-refractivity contribution in [1.29, 1.82) is 0 Å². The van der Waals surface area contributed by atoms with E-state index in [-0.39, 0.29) is 0 Å². The van der Waals surface area contributed by atoms with Crippen LogP contribution in [0.15, 0.2) is 53.0 Å².